The van der Waals surface area contributed by atoms with E-state index in [0.29, 0.717) is 5.41 Å². The fourth-order valence-electron chi connectivity index (χ4n) is 7.42. The summed E-state index contributed by atoms with van der Waals surface area (Å²) in [7, 11) is 1.83. The van der Waals surface area contributed by atoms with Crippen LogP contribution in [0.5, 0.6) is 0 Å². The van der Waals surface area contributed by atoms with Crippen molar-refractivity contribution in [2.75, 3.05) is 13.7 Å². The van der Waals surface area contributed by atoms with Gasteiger partial charge in [0.15, 0.2) is 0 Å². The van der Waals surface area contributed by atoms with Crippen molar-refractivity contribution >= 4 is 0 Å². The molecule has 1 nitrogen and oxygen atoms in total. The van der Waals surface area contributed by atoms with E-state index in [0.717, 1.165) is 18.4 Å². The molecular formula is C40H56O. The number of ether oxygens (including phenoxy) is 1. The van der Waals surface area contributed by atoms with Crippen molar-refractivity contribution in [3.8, 4) is 11.1 Å². The Labute approximate surface area is 252 Å². The van der Waals surface area contributed by atoms with E-state index in [1.807, 2.05) is 7.11 Å². The van der Waals surface area contributed by atoms with Crippen LogP contribution < -0.4 is 0 Å². The summed E-state index contributed by atoms with van der Waals surface area (Å²) < 4.78 is 5.36. The summed E-state index contributed by atoms with van der Waals surface area (Å²) in [4.78, 5) is 0. The summed E-state index contributed by atoms with van der Waals surface area (Å²) in [5, 5.41) is 0. The molecule has 222 valence electrons. The van der Waals surface area contributed by atoms with E-state index in [1.54, 1.807) is 5.56 Å². The van der Waals surface area contributed by atoms with Crippen LogP contribution in [0.25, 0.3) is 11.1 Å². The molecular weight excluding hydrogens is 496 g/mol. The predicted molar refractivity (Wildman–Crippen MR) is 178 cm³/mol. The average molecular weight is 553 g/mol. The summed E-state index contributed by atoms with van der Waals surface area (Å²) >= 11 is 0. The van der Waals surface area contributed by atoms with E-state index in [-0.39, 0.29) is 0 Å². The Bertz CT molecular complexity index is 1080. The van der Waals surface area contributed by atoms with E-state index in [1.165, 1.54) is 119 Å². The molecule has 2 saturated carbocycles. The standard InChI is InChI=1S/C31H44O.C9H12/c1-3-4-6-21-31(22-7-5-8-23-31)30-19-17-29(18-20-30)28-15-13-27(14-16-28)26-11-9-25(10-12-26)24-32-2;1-2-6-9-7-4-3-5-8-9/h13-20,25-26H,3-12,21-24H2,1-2H3;3-5,7-8H,2,6H2,1H3. The van der Waals surface area contributed by atoms with Gasteiger partial charge < -0.3 is 4.74 Å². The molecule has 0 radical (unpaired) electrons. The highest BCUT2D eigenvalue weighted by molar-refractivity contribution is 5.64. The molecule has 0 aliphatic heterocycles. The first-order chi connectivity index (χ1) is 20.2. The maximum Gasteiger partial charge on any atom is 0.0490 e. The van der Waals surface area contributed by atoms with Gasteiger partial charge >= 0.3 is 0 Å². The summed E-state index contributed by atoms with van der Waals surface area (Å²) in [6.45, 7) is 5.45. The molecule has 2 aliphatic rings. The zero-order valence-electron chi connectivity index (χ0n) is 26.4. The van der Waals surface area contributed by atoms with E-state index in [4.69, 9.17) is 4.74 Å². The summed E-state index contributed by atoms with van der Waals surface area (Å²) in [6, 6.07) is 29.7. The van der Waals surface area contributed by atoms with Crippen molar-refractivity contribution < 1.29 is 4.74 Å². The molecule has 0 spiro atoms. The van der Waals surface area contributed by atoms with Crippen LogP contribution in [0.4, 0.5) is 0 Å². The number of hydrogen-bond acceptors (Lipinski definition) is 1. The van der Waals surface area contributed by atoms with Crippen molar-refractivity contribution in [1.29, 1.82) is 0 Å². The fraction of sp³-hybridized carbons (Fsp3) is 0.550. The van der Waals surface area contributed by atoms with Gasteiger partial charge in [-0.25, -0.2) is 0 Å². The normalized spacial score (nSPS) is 20.2. The van der Waals surface area contributed by atoms with Gasteiger partial charge in [0.25, 0.3) is 0 Å². The zero-order chi connectivity index (χ0) is 28.8. The van der Waals surface area contributed by atoms with Crippen LogP contribution in [-0.2, 0) is 16.6 Å². The molecule has 0 N–H and O–H groups in total. The third-order valence-corrected chi connectivity index (χ3v) is 9.91. The van der Waals surface area contributed by atoms with E-state index in [2.05, 4.69) is 92.7 Å². The van der Waals surface area contributed by atoms with Crippen molar-refractivity contribution in [3.05, 3.63) is 95.6 Å². The number of hydrogen-bond donors (Lipinski definition) is 0. The molecule has 5 rings (SSSR count). The summed E-state index contributed by atoms with van der Waals surface area (Å²) in [5.41, 5.74) is 7.73. The number of rotatable bonds is 11. The number of unbranched alkanes of at least 4 members (excludes halogenated alkanes) is 2. The molecule has 2 aliphatic carbocycles. The monoisotopic (exact) mass is 552 g/mol. The molecule has 2 fully saturated rings. The molecule has 0 atom stereocenters. The third-order valence-electron chi connectivity index (χ3n) is 9.91. The molecule has 0 saturated heterocycles. The second-order valence-electron chi connectivity index (χ2n) is 12.9. The lowest BCUT2D eigenvalue weighted by Gasteiger charge is -2.38. The lowest BCUT2D eigenvalue weighted by Crippen LogP contribution is -2.29. The van der Waals surface area contributed by atoms with Crippen molar-refractivity contribution in [2.24, 2.45) is 5.92 Å². The van der Waals surface area contributed by atoms with E-state index in [9.17, 15) is 0 Å². The molecule has 0 aromatic heterocycles. The van der Waals surface area contributed by atoms with Gasteiger partial charge in [-0.2, -0.15) is 0 Å². The highest BCUT2D eigenvalue weighted by atomic mass is 16.5. The third kappa shape index (κ3) is 9.31. The smallest absolute Gasteiger partial charge is 0.0490 e. The second-order valence-corrected chi connectivity index (χ2v) is 12.9. The van der Waals surface area contributed by atoms with Crippen molar-refractivity contribution in [2.45, 2.75) is 121 Å². The van der Waals surface area contributed by atoms with E-state index >= 15 is 0 Å². The highest BCUT2D eigenvalue weighted by Gasteiger charge is 2.33. The minimum absolute atomic E-state index is 0.442. The van der Waals surface area contributed by atoms with Crippen LogP contribution in [0, 0.1) is 5.92 Å². The van der Waals surface area contributed by atoms with Crippen LogP contribution in [0.2, 0.25) is 0 Å². The molecule has 0 unspecified atom stereocenters. The van der Waals surface area contributed by atoms with Crippen molar-refractivity contribution in [1.82, 2.24) is 0 Å². The highest BCUT2D eigenvalue weighted by Crippen LogP contribution is 2.44. The Hall–Kier alpha value is -2.38. The van der Waals surface area contributed by atoms with Crippen LogP contribution >= 0.6 is 0 Å². The largest absolute Gasteiger partial charge is 0.384 e. The number of aryl methyl sites for hydroxylation is 1. The number of benzene rings is 3. The summed E-state index contributed by atoms with van der Waals surface area (Å²) in [5.74, 6) is 1.50. The Morgan fingerprint density at radius 3 is 1.90 bits per heavy atom. The number of methoxy groups -OCH3 is 1. The molecule has 3 aromatic carbocycles. The summed E-state index contributed by atoms with van der Waals surface area (Å²) in [6.07, 6.45) is 20.1. The molecule has 0 bridgehead atoms. The Balaban J connectivity index is 0.000000367. The average Bonchev–Trinajstić information content (AvgIpc) is 3.03. The van der Waals surface area contributed by atoms with Crippen LogP contribution in [0.3, 0.4) is 0 Å². The van der Waals surface area contributed by atoms with Gasteiger partial charge in [0.2, 0.25) is 0 Å². The van der Waals surface area contributed by atoms with Gasteiger partial charge in [0.1, 0.15) is 0 Å². The first-order valence-electron chi connectivity index (χ1n) is 16.9. The molecule has 3 aromatic rings. The minimum Gasteiger partial charge on any atom is -0.384 e. The van der Waals surface area contributed by atoms with Gasteiger partial charge in [-0.15, -0.1) is 0 Å². The lowest BCUT2D eigenvalue weighted by atomic mass is 9.66. The van der Waals surface area contributed by atoms with Crippen LogP contribution in [0.15, 0.2) is 78.9 Å². The van der Waals surface area contributed by atoms with E-state index < -0.39 is 0 Å². The minimum atomic E-state index is 0.442. The topological polar surface area (TPSA) is 9.23 Å². The van der Waals surface area contributed by atoms with Gasteiger partial charge in [0, 0.05) is 13.7 Å². The first kappa shape index (κ1) is 31.6. The maximum absolute atomic E-state index is 5.36. The molecule has 0 heterocycles. The van der Waals surface area contributed by atoms with Gasteiger partial charge in [-0.3, -0.25) is 0 Å². The SMILES string of the molecule is CCCCCC1(c2ccc(-c3ccc(C4CCC(COC)CC4)cc3)cc2)CCCCC1.CCCc1ccccc1. The second kappa shape index (κ2) is 16.9. The van der Waals surface area contributed by atoms with Gasteiger partial charge in [-0.1, -0.05) is 138 Å². The quantitative estimate of drug-likeness (QED) is 0.215. The van der Waals surface area contributed by atoms with Gasteiger partial charge in [0.05, 0.1) is 0 Å². The molecule has 41 heavy (non-hydrogen) atoms. The van der Waals surface area contributed by atoms with Crippen LogP contribution in [0.1, 0.15) is 126 Å². The van der Waals surface area contributed by atoms with Gasteiger partial charge in [-0.05, 0) is 96.4 Å². The molecule has 1 heteroatoms. The molecule has 0 amide bonds. The lowest BCUT2D eigenvalue weighted by molar-refractivity contribution is 0.127. The Morgan fingerprint density at radius 2 is 1.32 bits per heavy atom. The first-order valence-corrected chi connectivity index (χ1v) is 16.9. The van der Waals surface area contributed by atoms with Crippen LogP contribution in [-0.4, -0.2) is 13.7 Å². The Morgan fingerprint density at radius 1 is 0.683 bits per heavy atom. The van der Waals surface area contributed by atoms with Crippen molar-refractivity contribution in [3.63, 3.8) is 0 Å². The zero-order valence-corrected chi connectivity index (χ0v) is 26.4. The predicted octanol–water partition coefficient (Wildman–Crippen LogP) is 11.7. The maximum atomic E-state index is 5.36. The Kier molecular flexibility index (Phi) is 13.0. The fourth-order valence-corrected chi connectivity index (χ4v) is 7.42.